The molecule has 0 fully saturated rings. The molecule has 0 aliphatic carbocycles. The summed E-state index contributed by atoms with van der Waals surface area (Å²) in [6.07, 6.45) is 0. The third-order valence-corrected chi connectivity index (χ3v) is 3.91. The van der Waals surface area contributed by atoms with Crippen molar-refractivity contribution in [3.8, 4) is 5.75 Å². The lowest BCUT2D eigenvalue weighted by atomic mass is 10.1. The highest BCUT2D eigenvalue weighted by atomic mass is 35.5. The Bertz CT molecular complexity index is 780. The highest BCUT2D eigenvalue weighted by Gasteiger charge is 2.13. The van der Waals surface area contributed by atoms with E-state index in [0.29, 0.717) is 13.2 Å². The molecule has 21 heavy (non-hydrogen) atoms. The normalized spacial score (nSPS) is 11.0. The maximum atomic E-state index is 6.01. The number of ether oxygens (including phenoxy) is 1. The van der Waals surface area contributed by atoms with Crippen molar-refractivity contribution >= 4 is 22.6 Å². The van der Waals surface area contributed by atoms with E-state index >= 15 is 0 Å². The van der Waals surface area contributed by atoms with Crippen LogP contribution in [0.15, 0.2) is 46.9 Å². The summed E-state index contributed by atoms with van der Waals surface area (Å²) < 4.78 is 11.6. The second-order valence-electron chi connectivity index (χ2n) is 4.90. The summed E-state index contributed by atoms with van der Waals surface area (Å²) in [6.45, 7) is 2.72. The van der Waals surface area contributed by atoms with E-state index in [4.69, 9.17) is 26.5 Å². The predicted octanol–water partition coefficient (Wildman–Crippen LogP) is 4.43. The van der Waals surface area contributed by atoms with Crippen LogP contribution in [0.4, 0.5) is 0 Å². The zero-order valence-corrected chi connectivity index (χ0v) is 12.5. The Labute approximate surface area is 128 Å². The molecular formula is C17H16ClNO2. The van der Waals surface area contributed by atoms with E-state index in [9.17, 15) is 0 Å². The van der Waals surface area contributed by atoms with Crippen LogP contribution in [0.3, 0.4) is 0 Å². The number of rotatable bonds is 4. The quantitative estimate of drug-likeness (QED) is 0.775. The zero-order chi connectivity index (χ0) is 14.8. The van der Waals surface area contributed by atoms with Gasteiger partial charge in [0.25, 0.3) is 0 Å². The maximum absolute atomic E-state index is 6.01. The van der Waals surface area contributed by atoms with Crippen LogP contribution in [0.1, 0.15) is 16.9 Å². The molecule has 0 spiro atoms. The fourth-order valence-corrected chi connectivity index (χ4v) is 2.46. The molecule has 3 aromatic rings. The molecule has 0 saturated carbocycles. The van der Waals surface area contributed by atoms with Crippen LogP contribution in [0.25, 0.3) is 11.0 Å². The molecule has 3 nitrogen and oxygen atoms in total. The molecule has 0 aliphatic rings. The maximum Gasteiger partial charge on any atom is 0.147 e. The summed E-state index contributed by atoms with van der Waals surface area (Å²) in [4.78, 5) is 0. The first-order chi connectivity index (χ1) is 10.2. The summed E-state index contributed by atoms with van der Waals surface area (Å²) >= 11 is 6.01. The Morgan fingerprint density at radius 1 is 1.19 bits per heavy atom. The number of aryl methyl sites for hydroxylation is 1. The molecule has 3 rings (SSSR count). The first-order valence-electron chi connectivity index (χ1n) is 6.77. The summed E-state index contributed by atoms with van der Waals surface area (Å²) in [6, 6.07) is 13.5. The predicted molar refractivity (Wildman–Crippen MR) is 84.6 cm³/mol. The Balaban J connectivity index is 1.86. The van der Waals surface area contributed by atoms with E-state index in [1.165, 1.54) is 0 Å². The second kappa shape index (κ2) is 5.80. The number of hydrogen-bond acceptors (Lipinski definition) is 3. The average Bonchev–Trinajstić information content (AvgIpc) is 2.86. The number of furan rings is 1. The van der Waals surface area contributed by atoms with Crippen LogP contribution in [-0.4, -0.2) is 0 Å². The molecule has 4 heteroatoms. The van der Waals surface area contributed by atoms with Crippen molar-refractivity contribution in [1.29, 1.82) is 0 Å². The van der Waals surface area contributed by atoms with E-state index in [-0.39, 0.29) is 0 Å². The van der Waals surface area contributed by atoms with E-state index in [1.54, 1.807) is 0 Å². The SMILES string of the molecule is Cc1cc(OCc2oc3ccccc3c2CN)ccc1Cl. The number of fused-ring (bicyclic) bond motifs is 1. The Hall–Kier alpha value is -1.97. The van der Waals surface area contributed by atoms with Crippen LogP contribution in [0, 0.1) is 6.92 Å². The molecule has 2 N–H and O–H groups in total. The van der Waals surface area contributed by atoms with Crippen LogP contribution in [-0.2, 0) is 13.2 Å². The molecule has 1 heterocycles. The Kier molecular flexibility index (Phi) is 3.86. The molecular weight excluding hydrogens is 286 g/mol. The summed E-state index contributed by atoms with van der Waals surface area (Å²) in [7, 11) is 0. The number of halogens is 1. The van der Waals surface area contributed by atoms with Gasteiger partial charge >= 0.3 is 0 Å². The van der Waals surface area contributed by atoms with Gasteiger partial charge in [-0.1, -0.05) is 29.8 Å². The van der Waals surface area contributed by atoms with E-state index in [1.807, 2.05) is 49.4 Å². The third-order valence-electron chi connectivity index (χ3n) is 3.49. The topological polar surface area (TPSA) is 48.4 Å². The van der Waals surface area contributed by atoms with Crippen LogP contribution >= 0.6 is 11.6 Å². The van der Waals surface area contributed by atoms with Crippen LogP contribution < -0.4 is 10.5 Å². The van der Waals surface area contributed by atoms with Gasteiger partial charge in [-0.3, -0.25) is 0 Å². The van der Waals surface area contributed by atoms with Crippen molar-refractivity contribution in [3.63, 3.8) is 0 Å². The Morgan fingerprint density at radius 2 is 2.00 bits per heavy atom. The van der Waals surface area contributed by atoms with Gasteiger partial charge in [-0.2, -0.15) is 0 Å². The minimum absolute atomic E-state index is 0.349. The summed E-state index contributed by atoms with van der Waals surface area (Å²) in [5.41, 5.74) is 8.66. The fourth-order valence-electron chi connectivity index (χ4n) is 2.35. The molecule has 0 unspecified atom stereocenters. The lowest BCUT2D eigenvalue weighted by Crippen LogP contribution is -2.02. The molecule has 108 valence electrons. The van der Waals surface area contributed by atoms with E-state index < -0.39 is 0 Å². The molecule has 0 atom stereocenters. The zero-order valence-electron chi connectivity index (χ0n) is 11.7. The smallest absolute Gasteiger partial charge is 0.147 e. The van der Waals surface area contributed by atoms with Gasteiger partial charge in [-0.15, -0.1) is 0 Å². The minimum atomic E-state index is 0.349. The van der Waals surface area contributed by atoms with E-state index in [0.717, 1.165) is 38.6 Å². The van der Waals surface area contributed by atoms with Crippen molar-refractivity contribution in [3.05, 3.63) is 64.4 Å². The molecule has 0 radical (unpaired) electrons. The van der Waals surface area contributed by atoms with Gasteiger partial charge in [-0.05, 0) is 36.8 Å². The lowest BCUT2D eigenvalue weighted by Gasteiger charge is -2.07. The lowest BCUT2D eigenvalue weighted by molar-refractivity contribution is 0.272. The van der Waals surface area contributed by atoms with Gasteiger partial charge in [0.05, 0.1) is 0 Å². The Morgan fingerprint density at radius 3 is 2.76 bits per heavy atom. The standard InChI is InChI=1S/C17H16ClNO2/c1-11-8-12(6-7-15(11)18)20-10-17-14(9-19)13-4-2-3-5-16(13)21-17/h2-8H,9-10,19H2,1H3. The number of hydrogen-bond donors (Lipinski definition) is 1. The van der Waals surface area contributed by atoms with Gasteiger partial charge in [-0.25, -0.2) is 0 Å². The highest BCUT2D eigenvalue weighted by molar-refractivity contribution is 6.31. The van der Waals surface area contributed by atoms with Crippen molar-refractivity contribution in [2.24, 2.45) is 5.73 Å². The van der Waals surface area contributed by atoms with Gasteiger partial charge in [0.2, 0.25) is 0 Å². The summed E-state index contributed by atoms with van der Waals surface area (Å²) in [5.74, 6) is 1.53. The monoisotopic (exact) mass is 301 g/mol. The van der Waals surface area contributed by atoms with Crippen molar-refractivity contribution in [2.45, 2.75) is 20.1 Å². The molecule has 0 amide bonds. The number of benzene rings is 2. The largest absolute Gasteiger partial charge is 0.486 e. The molecule has 1 aromatic heterocycles. The van der Waals surface area contributed by atoms with Crippen molar-refractivity contribution < 1.29 is 9.15 Å². The fraction of sp³-hybridized carbons (Fsp3) is 0.176. The highest BCUT2D eigenvalue weighted by Crippen LogP contribution is 2.27. The second-order valence-corrected chi connectivity index (χ2v) is 5.31. The van der Waals surface area contributed by atoms with Crippen LogP contribution in [0.5, 0.6) is 5.75 Å². The average molecular weight is 302 g/mol. The number of nitrogens with two attached hydrogens (primary N) is 1. The minimum Gasteiger partial charge on any atom is -0.486 e. The third kappa shape index (κ3) is 2.75. The molecule has 0 bridgehead atoms. The van der Waals surface area contributed by atoms with E-state index in [2.05, 4.69) is 0 Å². The molecule has 2 aromatic carbocycles. The summed E-state index contributed by atoms with van der Waals surface area (Å²) in [5, 5.41) is 1.78. The van der Waals surface area contributed by atoms with Crippen molar-refractivity contribution in [1.82, 2.24) is 0 Å². The number of para-hydroxylation sites is 1. The first kappa shape index (κ1) is 14.0. The first-order valence-corrected chi connectivity index (χ1v) is 7.15. The van der Waals surface area contributed by atoms with Gasteiger partial charge < -0.3 is 14.9 Å². The van der Waals surface area contributed by atoms with Gasteiger partial charge in [0, 0.05) is 22.5 Å². The molecule has 0 saturated heterocycles. The molecule has 0 aliphatic heterocycles. The van der Waals surface area contributed by atoms with Crippen molar-refractivity contribution in [2.75, 3.05) is 0 Å². The van der Waals surface area contributed by atoms with Crippen LogP contribution in [0.2, 0.25) is 5.02 Å². The van der Waals surface area contributed by atoms with Gasteiger partial charge in [0.1, 0.15) is 23.7 Å². The van der Waals surface area contributed by atoms with Gasteiger partial charge in [0.15, 0.2) is 0 Å².